The number of hydrazone groups is 1. The van der Waals surface area contributed by atoms with Crippen LogP contribution in [0.15, 0.2) is 47.6 Å². The van der Waals surface area contributed by atoms with Crippen LogP contribution < -0.4 is 10.2 Å². The largest absolute Gasteiger partial charge is 0.491 e. The number of nitrogens with one attached hydrogen (secondary N) is 1. The number of hydrogen-bond donors (Lipinski definition) is 1. The van der Waals surface area contributed by atoms with Crippen LogP contribution in [0, 0.1) is 0 Å². The highest BCUT2D eigenvalue weighted by atomic mass is 32.1. The molecule has 3 aromatic rings. The van der Waals surface area contributed by atoms with Crippen molar-refractivity contribution in [2.75, 3.05) is 5.43 Å². The summed E-state index contributed by atoms with van der Waals surface area (Å²) in [6, 6.07) is 13.5. The first-order valence-electron chi connectivity index (χ1n) is 8.12. The standard InChI is InChI=1S/C19H17N3O2S/c1-11(2)24-13-8-7-12-9-16(18(23)14(12)10-13)21-22-19-20-15-5-3-4-6-17(15)25-19/h3-8,10-11H,9H2,1-2H3,(H,20,22)/b21-16-. The molecule has 0 atom stereocenters. The van der Waals surface area contributed by atoms with Gasteiger partial charge in [-0.2, -0.15) is 5.10 Å². The maximum atomic E-state index is 12.6. The third kappa shape index (κ3) is 3.13. The minimum Gasteiger partial charge on any atom is -0.491 e. The molecule has 1 heterocycles. The fraction of sp³-hybridized carbons (Fsp3) is 0.211. The molecule has 0 fully saturated rings. The number of Topliss-reactive ketones (excluding diaryl/α,β-unsaturated/α-hetero) is 1. The zero-order valence-corrected chi connectivity index (χ0v) is 14.8. The lowest BCUT2D eigenvalue weighted by Gasteiger charge is -2.10. The Labute approximate surface area is 149 Å². The minimum atomic E-state index is -0.0576. The van der Waals surface area contributed by atoms with Gasteiger partial charge in [-0.3, -0.25) is 10.2 Å². The van der Waals surface area contributed by atoms with Crippen molar-refractivity contribution < 1.29 is 9.53 Å². The molecule has 1 N–H and O–H groups in total. The van der Waals surface area contributed by atoms with Crippen molar-refractivity contribution >= 4 is 38.2 Å². The molecule has 5 nitrogen and oxygen atoms in total. The van der Waals surface area contributed by atoms with Gasteiger partial charge in [0.25, 0.3) is 0 Å². The second kappa shape index (κ2) is 6.29. The van der Waals surface area contributed by atoms with E-state index in [9.17, 15) is 4.79 Å². The number of anilines is 1. The van der Waals surface area contributed by atoms with Gasteiger partial charge >= 0.3 is 0 Å². The van der Waals surface area contributed by atoms with E-state index < -0.39 is 0 Å². The molecular weight excluding hydrogens is 334 g/mol. The summed E-state index contributed by atoms with van der Waals surface area (Å²) in [5.74, 6) is 0.653. The molecule has 0 saturated carbocycles. The molecule has 4 rings (SSSR count). The quantitative estimate of drug-likeness (QED) is 0.712. The van der Waals surface area contributed by atoms with Crippen LogP contribution in [0.3, 0.4) is 0 Å². The molecule has 0 unspecified atom stereocenters. The molecule has 0 saturated heterocycles. The number of carbonyl (C=O) groups excluding carboxylic acids is 1. The number of rotatable bonds is 4. The SMILES string of the molecule is CC(C)Oc1ccc2c(c1)C(=O)/C(=N\Nc1nc3ccccc3s1)C2. The molecule has 6 heteroatoms. The van der Waals surface area contributed by atoms with Gasteiger partial charge in [0.1, 0.15) is 11.5 Å². The predicted molar refractivity (Wildman–Crippen MR) is 101 cm³/mol. The molecule has 1 aromatic heterocycles. The fourth-order valence-corrected chi connectivity index (χ4v) is 3.62. The molecule has 0 aliphatic heterocycles. The Morgan fingerprint density at radius 2 is 2.08 bits per heavy atom. The van der Waals surface area contributed by atoms with Crippen LogP contribution in [-0.4, -0.2) is 22.6 Å². The summed E-state index contributed by atoms with van der Waals surface area (Å²) in [6.07, 6.45) is 0.594. The van der Waals surface area contributed by atoms with E-state index in [-0.39, 0.29) is 11.9 Å². The Morgan fingerprint density at radius 1 is 1.24 bits per heavy atom. The highest BCUT2D eigenvalue weighted by molar-refractivity contribution is 7.22. The van der Waals surface area contributed by atoms with E-state index in [0.717, 1.165) is 15.8 Å². The van der Waals surface area contributed by atoms with Gasteiger partial charge in [0.05, 0.1) is 16.3 Å². The molecule has 0 spiro atoms. The van der Waals surface area contributed by atoms with E-state index in [1.54, 1.807) is 6.07 Å². The fourth-order valence-electron chi connectivity index (χ4n) is 2.81. The highest BCUT2D eigenvalue weighted by Crippen LogP contribution is 2.28. The molecule has 0 bridgehead atoms. The van der Waals surface area contributed by atoms with Gasteiger partial charge in [-0.15, -0.1) is 0 Å². The van der Waals surface area contributed by atoms with E-state index in [0.29, 0.717) is 28.6 Å². The lowest BCUT2D eigenvalue weighted by atomic mass is 10.1. The number of hydrogen-bond acceptors (Lipinski definition) is 6. The van der Waals surface area contributed by atoms with Gasteiger partial charge in [-0.05, 0) is 43.7 Å². The van der Waals surface area contributed by atoms with E-state index in [1.165, 1.54) is 11.3 Å². The van der Waals surface area contributed by atoms with Crippen LogP contribution >= 0.6 is 11.3 Å². The lowest BCUT2D eigenvalue weighted by Crippen LogP contribution is -2.10. The average molecular weight is 351 g/mol. The maximum absolute atomic E-state index is 12.6. The van der Waals surface area contributed by atoms with E-state index in [1.807, 2.05) is 50.2 Å². The number of benzene rings is 2. The van der Waals surface area contributed by atoms with Crippen molar-refractivity contribution in [3.8, 4) is 5.75 Å². The van der Waals surface area contributed by atoms with Gasteiger partial charge in [0, 0.05) is 12.0 Å². The van der Waals surface area contributed by atoms with E-state index >= 15 is 0 Å². The van der Waals surface area contributed by atoms with Crippen molar-refractivity contribution in [1.29, 1.82) is 0 Å². The van der Waals surface area contributed by atoms with Crippen molar-refractivity contribution in [3.63, 3.8) is 0 Å². The molecule has 1 aliphatic rings. The monoisotopic (exact) mass is 351 g/mol. The van der Waals surface area contributed by atoms with E-state index in [2.05, 4.69) is 15.5 Å². The molecule has 25 heavy (non-hydrogen) atoms. The zero-order chi connectivity index (χ0) is 17.4. The minimum absolute atomic E-state index is 0.0576. The number of para-hydroxylation sites is 1. The maximum Gasteiger partial charge on any atom is 0.209 e. The lowest BCUT2D eigenvalue weighted by molar-refractivity contribution is 0.106. The van der Waals surface area contributed by atoms with E-state index in [4.69, 9.17) is 4.74 Å². The molecule has 126 valence electrons. The molecule has 1 aliphatic carbocycles. The van der Waals surface area contributed by atoms with Crippen LogP contribution in [0.1, 0.15) is 29.8 Å². The first kappa shape index (κ1) is 15.8. The summed E-state index contributed by atoms with van der Waals surface area (Å²) in [7, 11) is 0. The Bertz CT molecular complexity index is 958. The first-order chi connectivity index (χ1) is 12.1. The second-order valence-corrected chi connectivity index (χ2v) is 7.18. The third-order valence-corrected chi connectivity index (χ3v) is 4.84. The van der Waals surface area contributed by atoms with Gasteiger partial charge < -0.3 is 4.74 Å². The van der Waals surface area contributed by atoms with Crippen molar-refractivity contribution in [2.45, 2.75) is 26.4 Å². The van der Waals surface area contributed by atoms with Gasteiger partial charge in [0.2, 0.25) is 10.9 Å². The Balaban J connectivity index is 1.55. The van der Waals surface area contributed by atoms with Crippen LogP contribution in [0.5, 0.6) is 5.75 Å². The van der Waals surface area contributed by atoms with Crippen LogP contribution in [0.4, 0.5) is 5.13 Å². The molecular formula is C19H17N3O2S. The number of ketones is 1. The Morgan fingerprint density at radius 3 is 2.88 bits per heavy atom. The van der Waals surface area contributed by atoms with Crippen molar-refractivity contribution in [3.05, 3.63) is 53.6 Å². The van der Waals surface area contributed by atoms with Crippen LogP contribution in [0.25, 0.3) is 10.2 Å². The van der Waals surface area contributed by atoms with Gasteiger partial charge in [0.15, 0.2) is 0 Å². The summed E-state index contributed by atoms with van der Waals surface area (Å²) in [5, 5.41) is 4.98. The summed E-state index contributed by atoms with van der Waals surface area (Å²) < 4.78 is 6.75. The Hall–Kier alpha value is -2.73. The average Bonchev–Trinajstić information content (AvgIpc) is 3.14. The van der Waals surface area contributed by atoms with Crippen LogP contribution in [-0.2, 0) is 6.42 Å². The number of thiazole rings is 1. The number of ether oxygens (including phenoxy) is 1. The first-order valence-corrected chi connectivity index (χ1v) is 8.94. The summed E-state index contributed by atoms with van der Waals surface area (Å²) in [6.45, 7) is 3.92. The van der Waals surface area contributed by atoms with Crippen molar-refractivity contribution in [1.82, 2.24) is 4.98 Å². The second-order valence-electron chi connectivity index (χ2n) is 6.15. The summed E-state index contributed by atoms with van der Waals surface area (Å²) in [5.41, 5.74) is 6.00. The predicted octanol–water partition coefficient (Wildman–Crippen LogP) is 4.29. The smallest absolute Gasteiger partial charge is 0.209 e. The summed E-state index contributed by atoms with van der Waals surface area (Å²) in [4.78, 5) is 17.0. The van der Waals surface area contributed by atoms with Crippen molar-refractivity contribution in [2.24, 2.45) is 5.10 Å². The van der Waals surface area contributed by atoms with Gasteiger partial charge in [-0.1, -0.05) is 29.5 Å². The molecule has 2 aromatic carbocycles. The zero-order valence-electron chi connectivity index (χ0n) is 13.9. The normalized spacial score (nSPS) is 15.2. The van der Waals surface area contributed by atoms with Crippen LogP contribution in [0.2, 0.25) is 0 Å². The van der Waals surface area contributed by atoms with Gasteiger partial charge in [-0.25, -0.2) is 4.98 Å². The molecule has 0 amide bonds. The molecule has 0 radical (unpaired) electrons. The number of aromatic nitrogens is 1. The Kier molecular flexibility index (Phi) is 3.97. The topological polar surface area (TPSA) is 63.6 Å². The highest BCUT2D eigenvalue weighted by Gasteiger charge is 2.27. The summed E-state index contributed by atoms with van der Waals surface area (Å²) >= 11 is 1.51. The number of nitrogens with zero attached hydrogens (tertiary/aromatic N) is 2. The number of carbonyl (C=O) groups is 1. The third-order valence-electron chi connectivity index (χ3n) is 3.90. The number of fused-ring (bicyclic) bond motifs is 2.